The van der Waals surface area contributed by atoms with Gasteiger partial charge in [-0.15, -0.1) is 24.0 Å². The number of fused-ring (bicyclic) bond motifs is 1. The van der Waals surface area contributed by atoms with Crippen LogP contribution >= 0.6 is 24.0 Å². The lowest BCUT2D eigenvalue weighted by Gasteiger charge is -2.31. The van der Waals surface area contributed by atoms with E-state index in [0.29, 0.717) is 12.5 Å². The van der Waals surface area contributed by atoms with Crippen molar-refractivity contribution in [3.8, 4) is 0 Å². The lowest BCUT2D eigenvalue weighted by Crippen LogP contribution is -2.44. The molecule has 5 nitrogen and oxygen atoms in total. The third kappa shape index (κ3) is 4.95. The monoisotopic (exact) mass is 484 g/mol. The number of aliphatic imine (C=N–C) groups is 1. The van der Waals surface area contributed by atoms with E-state index in [-0.39, 0.29) is 35.3 Å². The Balaban J connectivity index is 0.00000261. The molecule has 150 valence electrons. The molecule has 0 heterocycles. The summed E-state index contributed by atoms with van der Waals surface area (Å²) in [4.78, 5) is 19.2. The fourth-order valence-electron chi connectivity index (χ4n) is 4.30. The zero-order valence-electron chi connectivity index (χ0n) is 16.8. The van der Waals surface area contributed by atoms with Gasteiger partial charge in [-0.3, -0.25) is 9.79 Å². The van der Waals surface area contributed by atoms with Crippen molar-refractivity contribution in [3.05, 3.63) is 35.4 Å². The summed E-state index contributed by atoms with van der Waals surface area (Å²) in [7, 11) is 3.70. The van der Waals surface area contributed by atoms with Gasteiger partial charge in [0.15, 0.2) is 5.96 Å². The summed E-state index contributed by atoms with van der Waals surface area (Å²) >= 11 is 0. The highest BCUT2D eigenvalue weighted by molar-refractivity contribution is 14.0. The number of guanidine groups is 1. The topological polar surface area (TPSA) is 56.7 Å². The second-order valence-electron chi connectivity index (χ2n) is 7.86. The van der Waals surface area contributed by atoms with Gasteiger partial charge in [-0.25, -0.2) is 0 Å². The van der Waals surface area contributed by atoms with Crippen LogP contribution in [0.5, 0.6) is 0 Å². The molecule has 1 saturated carbocycles. The number of amides is 1. The van der Waals surface area contributed by atoms with E-state index in [9.17, 15) is 4.79 Å². The number of rotatable bonds is 6. The van der Waals surface area contributed by atoms with Crippen LogP contribution in [0.4, 0.5) is 0 Å². The molecule has 0 saturated heterocycles. The van der Waals surface area contributed by atoms with E-state index in [2.05, 4.69) is 41.8 Å². The summed E-state index contributed by atoms with van der Waals surface area (Å²) in [6.07, 6.45) is 5.27. The van der Waals surface area contributed by atoms with Crippen LogP contribution in [0, 0.1) is 5.41 Å². The van der Waals surface area contributed by atoms with Crippen LogP contribution in [0.15, 0.2) is 29.3 Å². The zero-order valence-corrected chi connectivity index (χ0v) is 19.1. The molecule has 0 spiro atoms. The zero-order chi connectivity index (χ0) is 18.6. The molecule has 1 unspecified atom stereocenters. The molecule has 0 aliphatic heterocycles. The molecule has 1 amide bonds. The highest BCUT2D eigenvalue weighted by Gasteiger charge is 2.42. The minimum absolute atomic E-state index is 0. The van der Waals surface area contributed by atoms with Gasteiger partial charge in [0.2, 0.25) is 5.91 Å². The molecule has 1 aromatic rings. The minimum atomic E-state index is -0.311. The molecular formula is C21H33IN4O. The number of benzene rings is 1. The van der Waals surface area contributed by atoms with Crippen molar-refractivity contribution in [1.82, 2.24) is 15.5 Å². The van der Waals surface area contributed by atoms with E-state index >= 15 is 0 Å². The van der Waals surface area contributed by atoms with Crippen LogP contribution in [0.2, 0.25) is 0 Å². The maximum absolute atomic E-state index is 12.7. The Bertz CT molecular complexity index is 668. The fourth-order valence-corrected chi connectivity index (χ4v) is 4.30. The summed E-state index contributed by atoms with van der Waals surface area (Å²) in [6.45, 7) is 4.35. The van der Waals surface area contributed by atoms with E-state index in [1.807, 2.05) is 14.1 Å². The van der Waals surface area contributed by atoms with Gasteiger partial charge < -0.3 is 15.5 Å². The highest BCUT2D eigenvalue weighted by Crippen LogP contribution is 2.39. The van der Waals surface area contributed by atoms with Crippen LogP contribution in [0.3, 0.4) is 0 Å². The quantitative estimate of drug-likeness (QED) is 0.371. The first-order chi connectivity index (χ1) is 12.6. The molecule has 2 N–H and O–H groups in total. The Morgan fingerprint density at radius 1 is 1.22 bits per heavy atom. The average Bonchev–Trinajstić information content (AvgIpc) is 3.09. The molecule has 2 aliphatic carbocycles. The van der Waals surface area contributed by atoms with Crippen LogP contribution in [-0.4, -0.2) is 50.5 Å². The predicted molar refractivity (Wildman–Crippen MR) is 122 cm³/mol. The average molecular weight is 484 g/mol. The Labute approximate surface area is 180 Å². The van der Waals surface area contributed by atoms with Gasteiger partial charge in [-0.05, 0) is 37.3 Å². The molecule has 3 rings (SSSR count). The number of halogens is 1. The molecule has 0 bridgehead atoms. The van der Waals surface area contributed by atoms with Crippen molar-refractivity contribution >= 4 is 35.8 Å². The van der Waals surface area contributed by atoms with Gasteiger partial charge in [0, 0.05) is 33.1 Å². The number of hydrogen-bond donors (Lipinski definition) is 2. The van der Waals surface area contributed by atoms with Gasteiger partial charge in [-0.2, -0.15) is 0 Å². The second kappa shape index (κ2) is 9.75. The van der Waals surface area contributed by atoms with Crippen molar-refractivity contribution < 1.29 is 4.79 Å². The third-order valence-electron chi connectivity index (χ3n) is 5.78. The molecule has 1 aromatic carbocycles. The van der Waals surface area contributed by atoms with E-state index in [0.717, 1.165) is 51.2 Å². The van der Waals surface area contributed by atoms with Crippen molar-refractivity contribution in [2.24, 2.45) is 10.4 Å². The Morgan fingerprint density at radius 3 is 2.56 bits per heavy atom. The normalized spacial score (nSPS) is 20.1. The molecule has 27 heavy (non-hydrogen) atoms. The Hall–Kier alpha value is -1.31. The molecule has 0 aromatic heterocycles. The first kappa shape index (κ1) is 22.0. The molecular weight excluding hydrogens is 451 g/mol. The summed E-state index contributed by atoms with van der Waals surface area (Å²) < 4.78 is 0. The van der Waals surface area contributed by atoms with E-state index in [1.54, 1.807) is 4.90 Å². The summed E-state index contributed by atoms with van der Waals surface area (Å²) in [5.41, 5.74) is 2.60. The van der Waals surface area contributed by atoms with Crippen LogP contribution in [-0.2, 0) is 11.2 Å². The number of carbonyl (C=O) groups is 1. The number of hydrogen-bond acceptors (Lipinski definition) is 2. The van der Waals surface area contributed by atoms with E-state index in [4.69, 9.17) is 4.99 Å². The minimum Gasteiger partial charge on any atom is -0.357 e. The van der Waals surface area contributed by atoms with Crippen molar-refractivity contribution in [1.29, 1.82) is 0 Å². The smallest absolute Gasteiger partial charge is 0.230 e. The molecule has 1 fully saturated rings. The molecule has 0 radical (unpaired) electrons. The van der Waals surface area contributed by atoms with Crippen molar-refractivity contribution in [2.45, 2.75) is 44.9 Å². The highest BCUT2D eigenvalue weighted by atomic mass is 127. The fraction of sp³-hybridized carbons (Fsp3) is 0.619. The Morgan fingerprint density at radius 2 is 1.93 bits per heavy atom. The maximum atomic E-state index is 12.7. The SMILES string of the molecule is CCNC(=NCC1(C(=O)N(C)C)CCCC1)NCC1Cc2ccccc21.I. The lowest BCUT2D eigenvalue weighted by atomic mass is 9.78. The predicted octanol–water partition coefficient (Wildman–Crippen LogP) is 3.15. The van der Waals surface area contributed by atoms with Crippen LogP contribution in [0.25, 0.3) is 0 Å². The summed E-state index contributed by atoms with van der Waals surface area (Å²) in [5.74, 6) is 1.61. The first-order valence-corrected chi connectivity index (χ1v) is 9.87. The van der Waals surface area contributed by atoms with Crippen molar-refractivity contribution in [2.75, 3.05) is 33.7 Å². The van der Waals surface area contributed by atoms with Crippen LogP contribution in [0.1, 0.15) is 49.7 Å². The number of nitrogens with one attached hydrogen (secondary N) is 2. The largest absolute Gasteiger partial charge is 0.357 e. The first-order valence-electron chi connectivity index (χ1n) is 9.87. The van der Waals surface area contributed by atoms with Crippen LogP contribution < -0.4 is 10.6 Å². The standard InChI is InChI=1S/C21H32N4O.HI/c1-4-22-20(23-14-17-13-16-9-5-6-10-18(16)17)24-15-21(11-7-8-12-21)19(26)25(2)3;/h5-6,9-10,17H,4,7-8,11-15H2,1-3H3,(H2,22,23,24);1H. The van der Waals surface area contributed by atoms with E-state index < -0.39 is 0 Å². The second-order valence-corrected chi connectivity index (χ2v) is 7.86. The third-order valence-corrected chi connectivity index (χ3v) is 5.78. The van der Waals surface area contributed by atoms with Gasteiger partial charge in [-0.1, -0.05) is 37.1 Å². The number of carbonyl (C=O) groups excluding carboxylic acids is 1. The maximum Gasteiger partial charge on any atom is 0.230 e. The number of nitrogens with zero attached hydrogens (tertiary/aromatic N) is 2. The van der Waals surface area contributed by atoms with Gasteiger partial charge in [0.05, 0.1) is 12.0 Å². The van der Waals surface area contributed by atoms with Crippen molar-refractivity contribution in [3.63, 3.8) is 0 Å². The van der Waals surface area contributed by atoms with Gasteiger partial charge in [0.25, 0.3) is 0 Å². The Kier molecular flexibility index (Phi) is 7.94. The van der Waals surface area contributed by atoms with Gasteiger partial charge in [0.1, 0.15) is 0 Å². The van der Waals surface area contributed by atoms with E-state index in [1.165, 1.54) is 11.1 Å². The summed E-state index contributed by atoms with van der Waals surface area (Å²) in [5, 5.41) is 6.82. The molecule has 2 aliphatic rings. The molecule has 6 heteroatoms. The summed E-state index contributed by atoms with van der Waals surface area (Å²) in [6, 6.07) is 8.65. The molecule has 1 atom stereocenters. The van der Waals surface area contributed by atoms with Gasteiger partial charge >= 0.3 is 0 Å². The lowest BCUT2D eigenvalue weighted by molar-refractivity contribution is -0.138.